The number of hydrogen-bond donors (Lipinski definition) is 2. The van der Waals surface area contributed by atoms with E-state index in [1.165, 1.54) is 16.8 Å². The number of halogens is 1. The summed E-state index contributed by atoms with van der Waals surface area (Å²) in [5, 5.41) is 11.2. The number of nitrogen functional groups attached to an aromatic ring is 1. The molecule has 0 spiro atoms. The molecule has 142 valence electrons. The molecule has 8 nitrogen and oxygen atoms in total. The average molecular weight is 397 g/mol. The van der Waals surface area contributed by atoms with E-state index in [0.717, 1.165) is 10.2 Å². The van der Waals surface area contributed by atoms with Crippen LogP contribution in [0.15, 0.2) is 59.4 Å². The highest BCUT2D eigenvalue weighted by Gasteiger charge is 2.16. The molecule has 0 saturated carbocycles. The highest BCUT2D eigenvalue weighted by Crippen LogP contribution is 2.13. The first-order valence-corrected chi connectivity index (χ1v) is 8.84. The molecular formula is C18H16FN7OS. The topological polar surface area (TPSA) is 99.4 Å². The van der Waals surface area contributed by atoms with E-state index in [4.69, 9.17) is 18.1 Å². The number of benzene rings is 2. The van der Waals surface area contributed by atoms with Crippen LogP contribution in [-0.4, -0.2) is 29.2 Å². The fraction of sp³-hybridized carbons (Fsp3) is 0.111. The maximum atomic E-state index is 13.6. The van der Waals surface area contributed by atoms with Crippen molar-refractivity contribution in [3.05, 3.63) is 92.9 Å². The van der Waals surface area contributed by atoms with Gasteiger partial charge in [0.15, 0.2) is 16.4 Å². The molecule has 2 aromatic carbocycles. The minimum atomic E-state index is -0.481. The number of nitrogens with one attached hydrogen (secondary N) is 1. The molecule has 10 heteroatoms. The highest BCUT2D eigenvalue weighted by atomic mass is 32.1. The second kappa shape index (κ2) is 7.24. The number of nitrogens with zero attached hydrogens (tertiary/aromatic N) is 5. The van der Waals surface area contributed by atoms with Gasteiger partial charge < -0.3 is 5.84 Å². The first-order valence-electron chi connectivity index (χ1n) is 8.43. The van der Waals surface area contributed by atoms with Crippen molar-refractivity contribution in [3.63, 3.8) is 0 Å². The van der Waals surface area contributed by atoms with Crippen LogP contribution in [0.3, 0.4) is 0 Å². The quantitative estimate of drug-likeness (QED) is 0.395. The Balaban J connectivity index is 1.69. The van der Waals surface area contributed by atoms with E-state index in [9.17, 15) is 9.18 Å². The Labute approximate surface area is 163 Å². The first-order chi connectivity index (χ1) is 13.5. The minimum Gasteiger partial charge on any atom is -0.333 e. The van der Waals surface area contributed by atoms with Crippen LogP contribution >= 0.6 is 12.2 Å². The van der Waals surface area contributed by atoms with Crippen molar-refractivity contribution in [1.82, 2.24) is 29.2 Å². The van der Waals surface area contributed by atoms with E-state index in [0.29, 0.717) is 23.8 Å². The van der Waals surface area contributed by atoms with Gasteiger partial charge in [0.1, 0.15) is 12.4 Å². The summed E-state index contributed by atoms with van der Waals surface area (Å²) in [5.41, 5.74) is 0.998. The summed E-state index contributed by atoms with van der Waals surface area (Å²) in [4.78, 5) is 12.5. The Kier molecular flexibility index (Phi) is 4.62. The van der Waals surface area contributed by atoms with Gasteiger partial charge in [-0.25, -0.2) is 13.9 Å². The fourth-order valence-electron chi connectivity index (χ4n) is 2.92. The summed E-state index contributed by atoms with van der Waals surface area (Å²) in [5.74, 6) is 6.32. The Morgan fingerprint density at radius 3 is 2.64 bits per heavy atom. The number of H-pyrrole nitrogens is 1. The molecule has 0 aliphatic rings. The molecule has 0 bridgehead atoms. The second-order valence-electron chi connectivity index (χ2n) is 6.15. The van der Waals surface area contributed by atoms with Crippen LogP contribution in [0.5, 0.6) is 0 Å². The fourth-order valence-corrected chi connectivity index (χ4v) is 3.17. The predicted molar refractivity (Wildman–Crippen MR) is 104 cm³/mol. The third-order valence-corrected chi connectivity index (χ3v) is 4.52. The van der Waals surface area contributed by atoms with Crippen LogP contribution in [-0.2, 0) is 13.0 Å². The third kappa shape index (κ3) is 3.37. The van der Waals surface area contributed by atoms with Crippen LogP contribution in [0.4, 0.5) is 4.39 Å². The molecule has 2 heterocycles. The van der Waals surface area contributed by atoms with Crippen LogP contribution < -0.4 is 11.5 Å². The highest BCUT2D eigenvalue weighted by molar-refractivity contribution is 7.71. The van der Waals surface area contributed by atoms with Crippen LogP contribution in [0.2, 0.25) is 0 Å². The molecule has 4 rings (SSSR count). The maximum absolute atomic E-state index is 13.6. The smallest absolute Gasteiger partial charge is 0.333 e. The van der Waals surface area contributed by atoms with Crippen molar-refractivity contribution in [2.45, 2.75) is 13.0 Å². The largest absolute Gasteiger partial charge is 0.365 e. The van der Waals surface area contributed by atoms with Gasteiger partial charge in [-0.1, -0.05) is 36.4 Å². The third-order valence-electron chi connectivity index (χ3n) is 4.25. The molecule has 0 saturated heterocycles. The zero-order valence-corrected chi connectivity index (χ0v) is 15.4. The van der Waals surface area contributed by atoms with Gasteiger partial charge in [-0.15, -0.1) is 0 Å². The Morgan fingerprint density at radius 1 is 1.11 bits per heavy atom. The van der Waals surface area contributed by atoms with Gasteiger partial charge in [0.25, 0.3) is 0 Å². The van der Waals surface area contributed by atoms with Crippen LogP contribution in [0.1, 0.15) is 17.2 Å². The lowest BCUT2D eigenvalue weighted by molar-refractivity contribution is 0.609. The number of aromatic amines is 1. The lowest BCUT2D eigenvalue weighted by Crippen LogP contribution is -2.31. The summed E-state index contributed by atoms with van der Waals surface area (Å²) in [6.45, 7) is 0.0223. The molecule has 4 aromatic rings. The summed E-state index contributed by atoms with van der Waals surface area (Å²) in [7, 11) is 0. The first kappa shape index (κ1) is 17.9. The SMILES string of the molecule is Nn1c(Cc2ccccc2)nn(Cc2n[nH]c(=S)n2-c2cccc(F)c2)c1=O. The zero-order valence-electron chi connectivity index (χ0n) is 14.6. The van der Waals surface area contributed by atoms with Crippen molar-refractivity contribution in [1.29, 1.82) is 0 Å². The van der Waals surface area contributed by atoms with Crippen molar-refractivity contribution in [2.75, 3.05) is 5.84 Å². The summed E-state index contributed by atoms with van der Waals surface area (Å²) in [6.07, 6.45) is 0.413. The van der Waals surface area contributed by atoms with Gasteiger partial charge >= 0.3 is 5.69 Å². The predicted octanol–water partition coefficient (Wildman–Crippen LogP) is 1.78. The number of nitrogens with two attached hydrogens (primary N) is 1. The van der Waals surface area contributed by atoms with E-state index in [-0.39, 0.29) is 11.3 Å². The van der Waals surface area contributed by atoms with Crippen LogP contribution in [0.25, 0.3) is 5.69 Å². The van der Waals surface area contributed by atoms with Gasteiger partial charge in [-0.05, 0) is 36.0 Å². The van der Waals surface area contributed by atoms with Crippen molar-refractivity contribution in [3.8, 4) is 5.69 Å². The average Bonchev–Trinajstić information content (AvgIpc) is 3.18. The lowest BCUT2D eigenvalue weighted by atomic mass is 10.1. The van der Waals surface area contributed by atoms with Crippen molar-refractivity contribution >= 4 is 12.2 Å². The Morgan fingerprint density at radius 2 is 1.89 bits per heavy atom. The molecule has 28 heavy (non-hydrogen) atoms. The monoisotopic (exact) mass is 397 g/mol. The summed E-state index contributed by atoms with van der Waals surface area (Å²) >= 11 is 5.25. The Bertz CT molecular complexity index is 1240. The molecule has 0 atom stereocenters. The van der Waals surface area contributed by atoms with E-state index in [1.54, 1.807) is 16.7 Å². The van der Waals surface area contributed by atoms with Crippen molar-refractivity contribution in [2.24, 2.45) is 0 Å². The van der Waals surface area contributed by atoms with Gasteiger partial charge in [-0.2, -0.15) is 14.9 Å². The molecular weight excluding hydrogens is 381 g/mol. The molecule has 2 aromatic heterocycles. The van der Waals surface area contributed by atoms with Crippen molar-refractivity contribution < 1.29 is 4.39 Å². The van der Waals surface area contributed by atoms with E-state index in [1.807, 2.05) is 30.3 Å². The minimum absolute atomic E-state index is 0.0223. The van der Waals surface area contributed by atoms with E-state index >= 15 is 0 Å². The number of hydrogen-bond acceptors (Lipinski definition) is 5. The summed E-state index contributed by atoms with van der Waals surface area (Å²) < 4.78 is 17.7. The molecule has 0 amide bonds. The van der Waals surface area contributed by atoms with E-state index in [2.05, 4.69) is 15.3 Å². The van der Waals surface area contributed by atoms with Gasteiger partial charge in [0, 0.05) is 6.42 Å². The molecule has 3 N–H and O–H groups in total. The number of rotatable bonds is 5. The normalized spacial score (nSPS) is 11.0. The maximum Gasteiger partial charge on any atom is 0.365 e. The molecule has 0 unspecified atom stereocenters. The van der Waals surface area contributed by atoms with E-state index < -0.39 is 11.5 Å². The Hall–Kier alpha value is -3.53. The molecule has 0 fully saturated rings. The van der Waals surface area contributed by atoms with Gasteiger partial charge in [-0.3, -0.25) is 9.67 Å². The molecule has 0 aliphatic carbocycles. The molecule has 0 aliphatic heterocycles. The van der Waals surface area contributed by atoms with Crippen LogP contribution in [0, 0.1) is 10.6 Å². The van der Waals surface area contributed by atoms with Gasteiger partial charge in [0.05, 0.1) is 5.69 Å². The lowest BCUT2D eigenvalue weighted by Gasteiger charge is -2.06. The molecule has 0 radical (unpaired) electrons. The second-order valence-corrected chi connectivity index (χ2v) is 6.54. The standard InChI is InChI=1S/C18H16FN7OS/c19-13-7-4-8-14(10-13)25-16(21-22-17(25)28)11-24-18(27)26(20)15(23-24)9-12-5-2-1-3-6-12/h1-8,10H,9,11,20H2,(H,22,28). The number of aromatic nitrogens is 6. The zero-order chi connectivity index (χ0) is 19.7. The van der Waals surface area contributed by atoms with Gasteiger partial charge in [0.2, 0.25) is 0 Å². The summed E-state index contributed by atoms with van der Waals surface area (Å²) in [6, 6.07) is 15.5.